The third-order valence-corrected chi connectivity index (χ3v) is 4.55. The zero-order valence-electron chi connectivity index (χ0n) is 14.7. The van der Waals surface area contributed by atoms with Crippen LogP contribution in [0.15, 0.2) is 42.5 Å². The minimum Gasteiger partial charge on any atom is -0.465 e. The molecule has 0 saturated carbocycles. The van der Waals surface area contributed by atoms with Crippen LogP contribution in [0, 0.1) is 6.92 Å². The molecule has 1 atom stereocenters. The Balaban J connectivity index is 1.70. The summed E-state index contributed by atoms with van der Waals surface area (Å²) in [7, 11) is 1.36. The van der Waals surface area contributed by atoms with E-state index in [4.69, 9.17) is 4.74 Å². The highest BCUT2D eigenvalue weighted by atomic mass is 16.5. The number of fused-ring (bicyclic) bond motifs is 1. The van der Waals surface area contributed by atoms with Gasteiger partial charge in [-0.15, -0.1) is 0 Å². The lowest BCUT2D eigenvalue weighted by Crippen LogP contribution is -2.39. The van der Waals surface area contributed by atoms with E-state index in [9.17, 15) is 9.59 Å². The summed E-state index contributed by atoms with van der Waals surface area (Å²) in [5.41, 5.74) is 4.44. The Labute approximate surface area is 147 Å². The van der Waals surface area contributed by atoms with Crippen LogP contribution in [0.25, 0.3) is 0 Å². The molecule has 2 aromatic rings. The number of aryl methyl sites for hydroxylation is 1. The second-order valence-electron chi connectivity index (χ2n) is 6.32. The van der Waals surface area contributed by atoms with Crippen LogP contribution in [0.3, 0.4) is 0 Å². The Kier molecular flexibility index (Phi) is 4.74. The van der Waals surface area contributed by atoms with E-state index in [1.54, 1.807) is 18.2 Å². The smallest absolute Gasteiger partial charge is 0.337 e. The van der Waals surface area contributed by atoms with Crippen molar-refractivity contribution in [1.82, 2.24) is 0 Å². The number of hydrogen-bond donors (Lipinski definition) is 1. The fraction of sp³-hybridized carbons (Fsp3) is 0.300. The largest absolute Gasteiger partial charge is 0.465 e. The van der Waals surface area contributed by atoms with Gasteiger partial charge >= 0.3 is 5.97 Å². The van der Waals surface area contributed by atoms with Crippen LogP contribution < -0.4 is 10.2 Å². The third-order valence-electron chi connectivity index (χ3n) is 4.55. The first-order valence-corrected chi connectivity index (χ1v) is 8.34. The molecule has 130 valence electrons. The minimum absolute atomic E-state index is 0.0360. The number of hydrogen-bond acceptors (Lipinski definition) is 4. The minimum atomic E-state index is -0.367. The van der Waals surface area contributed by atoms with Crippen LogP contribution in [0.2, 0.25) is 0 Å². The number of amides is 1. The van der Waals surface area contributed by atoms with Crippen molar-refractivity contribution in [2.75, 3.05) is 23.9 Å². The van der Waals surface area contributed by atoms with Crippen LogP contribution in [0.4, 0.5) is 11.4 Å². The number of rotatable bonds is 4. The average molecular weight is 338 g/mol. The lowest BCUT2D eigenvalue weighted by Gasteiger charge is -2.23. The molecule has 0 bridgehead atoms. The monoisotopic (exact) mass is 338 g/mol. The number of para-hydroxylation sites is 1. The second kappa shape index (κ2) is 6.97. The summed E-state index contributed by atoms with van der Waals surface area (Å²) in [5.74, 6) is -0.331. The molecule has 1 amide bonds. The van der Waals surface area contributed by atoms with Crippen molar-refractivity contribution in [2.24, 2.45) is 0 Å². The lowest BCUT2D eigenvalue weighted by atomic mass is 10.1. The van der Waals surface area contributed by atoms with Crippen molar-refractivity contribution < 1.29 is 14.3 Å². The Morgan fingerprint density at radius 2 is 2.00 bits per heavy atom. The van der Waals surface area contributed by atoms with Gasteiger partial charge in [0.2, 0.25) is 5.91 Å². The number of ether oxygens (including phenoxy) is 1. The zero-order chi connectivity index (χ0) is 18.0. The van der Waals surface area contributed by atoms with Crippen molar-refractivity contribution >= 4 is 23.3 Å². The van der Waals surface area contributed by atoms with Gasteiger partial charge in [0, 0.05) is 17.4 Å². The van der Waals surface area contributed by atoms with Crippen molar-refractivity contribution in [3.63, 3.8) is 0 Å². The van der Waals surface area contributed by atoms with Gasteiger partial charge in [0.05, 0.1) is 19.2 Å². The quantitative estimate of drug-likeness (QED) is 0.870. The van der Waals surface area contributed by atoms with Crippen molar-refractivity contribution in [3.05, 3.63) is 59.2 Å². The van der Waals surface area contributed by atoms with E-state index < -0.39 is 0 Å². The molecule has 1 aliphatic rings. The van der Waals surface area contributed by atoms with Gasteiger partial charge in [-0.05, 0) is 55.7 Å². The summed E-state index contributed by atoms with van der Waals surface area (Å²) >= 11 is 0. The summed E-state index contributed by atoms with van der Waals surface area (Å²) in [4.78, 5) is 26.1. The molecular weight excluding hydrogens is 316 g/mol. The summed E-state index contributed by atoms with van der Waals surface area (Å²) in [6.45, 7) is 4.17. The Morgan fingerprint density at radius 1 is 1.24 bits per heavy atom. The maximum atomic E-state index is 12.7. The number of anilines is 2. The molecule has 3 rings (SSSR count). The van der Waals surface area contributed by atoms with Gasteiger partial charge in [-0.3, -0.25) is 4.79 Å². The van der Waals surface area contributed by atoms with Gasteiger partial charge in [0.1, 0.15) is 0 Å². The number of nitrogens with one attached hydrogen (secondary N) is 1. The number of carbonyl (C=O) groups is 2. The molecule has 0 radical (unpaired) electrons. The molecule has 1 aliphatic heterocycles. The molecule has 5 heteroatoms. The summed E-state index contributed by atoms with van der Waals surface area (Å²) in [5, 5.41) is 3.18. The molecule has 0 aliphatic carbocycles. The van der Waals surface area contributed by atoms with Gasteiger partial charge < -0.3 is 15.0 Å². The summed E-state index contributed by atoms with van der Waals surface area (Å²) in [6.07, 6.45) is 0.884. The number of benzene rings is 2. The van der Waals surface area contributed by atoms with Crippen LogP contribution in [0.5, 0.6) is 0 Å². The molecule has 1 N–H and O–H groups in total. The Hall–Kier alpha value is -2.82. The van der Waals surface area contributed by atoms with Gasteiger partial charge in [0.15, 0.2) is 0 Å². The average Bonchev–Trinajstić information content (AvgIpc) is 2.95. The predicted octanol–water partition coefficient (Wildman–Crippen LogP) is 3.17. The van der Waals surface area contributed by atoms with Gasteiger partial charge in [-0.1, -0.05) is 18.2 Å². The van der Waals surface area contributed by atoms with E-state index in [1.807, 2.05) is 30.0 Å². The normalized spacial score (nSPS) is 15.6. The fourth-order valence-corrected chi connectivity index (χ4v) is 3.31. The molecule has 5 nitrogen and oxygen atoms in total. The van der Waals surface area contributed by atoms with E-state index in [0.29, 0.717) is 5.56 Å². The SMILES string of the molecule is COC(=O)c1ccc(NCC(=O)N2c3ccccc3C[C@@H]2C)c(C)c1. The summed E-state index contributed by atoms with van der Waals surface area (Å²) in [6, 6.07) is 13.4. The van der Waals surface area contributed by atoms with Crippen molar-refractivity contribution in [2.45, 2.75) is 26.3 Å². The molecule has 1 heterocycles. The van der Waals surface area contributed by atoms with Crippen LogP contribution in [0.1, 0.15) is 28.4 Å². The predicted molar refractivity (Wildman–Crippen MR) is 98.1 cm³/mol. The first-order valence-electron chi connectivity index (χ1n) is 8.34. The molecule has 0 aromatic heterocycles. The van der Waals surface area contributed by atoms with Crippen LogP contribution >= 0.6 is 0 Å². The molecule has 0 fully saturated rings. The summed E-state index contributed by atoms with van der Waals surface area (Å²) < 4.78 is 4.72. The van der Waals surface area contributed by atoms with Crippen molar-refractivity contribution in [3.8, 4) is 0 Å². The highest BCUT2D eigenvalue weighted by molar-refractivity contribution is 5.98. The number of methoxy groups -OCH3 is 1. The van der Waals surface area contributed by atoms with Crippen molar-refractivity contribution in [1.29, 1.82) is 0 Å². The maximum absolute atomic E-state index is 12.7. The molecule has 0 spiro atoms. The number of nitrogens with zero attached hydrogens (tertiary/aromatic N) is 1. The molecular formula is C20H22N2O3. The van der Waals surface area contributed by atoms with E-state index in [0.717, 1.165) is 23.4 Å². The highest BCUT2D eigenvalue weighted by Gasteiger charge is 2.30. The van der Waals surface area contributed by atoms with E-state index >= 15 is 0 Å². The Bertz CT molecular complexity index is 816. The maximum Gasteiger partial charge on any atom is 0.337 e. The molecule has 0 unspecified atom stereocenters. The molecule has 0 saturated heterocycles. The third kappa shape index (κ3) is 3.36. The van der Waals surface area contributed by atoms with E-state index in [1.165, 1.54) is 12.7 Å². The first-order chi connectivity index (χ1) is 12.0. The topological polar surface area (TPSA) is 58.6 Å². The van der Waals surface area contributed by atoms with E-state index in [2.05, 4.69) is 18.3 Å². The van der Waals surface area contributed by atoms with Crippen LogP contribution in [-0.2, 0) is 16.0 Å². The van der Waals surface area contributed by atoms with Gasteiger partial charge in [-0.2, -0.15) is 0 Å². The highest BCUT2D eigenvalue weighted by Crippen LogP contribution is 2.31. The first kappa shape index (κ1) is 17.0. The lowest BCUT2D eigenvalue weighted by molar-refractivity contribution is -0.117. The number of carbonyl (C=O) groups excluding carboxylic acids is 2. The zero-order valence-corrected chi connectivity index (χ0v) is 14.7. The molecule has 25 heavy (non-hydrogen) atoms. The fourth-order valence-electron chi connectivity index (χ4n) is 3.31. The number of esters is 1. The van der Waals surface area contributed by atoms with E-state index in [-0.39, 0.29) is 24.5 Å². The molecule has 2 aromatic carbocycles. The van der Waals surface area contributed by atoms with Crippen LogP contribution in [-0.4, -0.2) is 31.6 Å². The Morgan fingerprint density at radius 3 is 2.72 bits per heavy atom. The second-order valence-corrected chi connectivity index (χ2v) is 6.32. The van der Waals surface area contributed by atoms with Gasteiger partial charge in [-0.25, -0.2) is 4.79 Å². The standard InChI is InChI=1S/C20H22N2O3/c1-13-10-16(20(24)25-3)8-9-17(13)21-12-19(23)22-14(2)11-15-6-4-5-7-18(15)22/h4-10,14,21H,11-12H2,1-3H3/t14-/m0/s1. The van der Waals surface area contributed by atoms with Gasteiger partial charge in [0.25, 0.3) is 0 Å².